The molecule has 0 amide bonds. The van der Waals surface area contributed by atoms with Crippen molar-refractivity contribution in [2.45, 2.75) is 37.8 Å². The Balaban J connectivity index is 1.40. The van der Waals surface area contributed by atoms with E-state index < -0.39 is 0 Å². The number of hydrogen-bond donors (Lipinski definition) is 4. The van der Waals surface area contributed by atoms with Crippen LogP contribution in [0.2, 0.25) is 0 Å². The molecule has 2 heterocycles. The summed E-state index contributed by atoms with van der Waals surface area (Å²) in [5.41, 5.74) is 2.03. The lowest BCUT2D eigenvalue weighted by atomic mass is 9.99. The lowest BCUT2D eigenvalue weighted by Gasteiger charge is -2.24. The standard InChI is InChI=1S/C28H36Cl2N4O2/c29-17-19-3-1-11-33(19)13-9-31-25-5-6-26(32-10-14-34-12-2-4-20(34)18-30)22-16-24-23(15-21(22)25)27(35)7-8-28(24)36/h5-8,15-16,19-20,31-32,35-36H,1-4,9-14,17-18H2. The SMILES string of the molecule is Oc1ccc(O)c2cc3c(NCCN4CCCC4CCl)ccc(NCCN4CCCC4CCl)c3cc12. The molecule has 6 nitrogen and oxygen atoms in total. The summed E-state index contributed by atoms with van der Waals surface area (Å²) in [6, 6.07) is 12.2. The minimum Gasteiger partial charge on any atom is -0.507 e. The highest BCUT2D eigenvalue weighted by Gasteiger charge is 2.24. The van der Waals surface area contributed by atoms with E-state index in [1.165, 1.54) is 25.7 Å². The Hall–Kier alpha value is -2.12. The topological polar surface area (TPSA) is 71.0 Å². The van der Waals surface area contributed by atoms with Gasteiger partial charge in [0.25, 0.3) is 0 Å². The summed E-state index contributed by atoms with van der Waals surface area (Å²) in [5, 5.41) is 31.6. The van der Waals surface area contributed by atoms with Crippen LogP contribution < -0.4 is 10.6 Å². The van der Waals surface area contributed by atoms with Gasteiger partial charge in [-0.05, 0) is 75.2 Å². The zero-order valence-electron chi connectivity index (χ0n) is 20.6. The predicted molar refractivity (Wildman–Crippen MR) is 152 cm³/mol. The summed E-state index contributed by atoms with van der Waals surface area (Å²) in [4.78, 5) is 4.92. The van der Waals surface area contributed by atoms with Crippen molar-refractivity contribution >= 4 is 56.1 Å². The maximum absolute atomic E-state index is 10.5. The number of rotatable bonds is 10. The summed E-state index contributed by atoms with van der Waals surface area (Å²) >= 11 is 12.3. The van der Waals surface area contributed by atoms with Gasteiger partial charge in [0, 0.05) is 82.9 Å². The van der Waals surface area contributed by atoms with Crippen LogP contribution in [-0.2, 0) is 0 Å². The summed E-state index contributed by atoms with van der Waals surface area (Å²) in [6.07, 6.45) is 4.76. The van der Waals surface area contributed by atoms with Gasteiger partial charge in [-0.2, -0.15) is 0 Å². The number of nitrogens with zero attached hydrogens (tertiary/aromatic N) is 2. The van der Waals surface area contributed by atoms with Gasteiger partial charge in [-0.3, -0.25) is 9.80 Å². The molecule has 0 saturated carbocycles. The average molecular weight is 532 g/mol. The number of alkyl halides is 2. The number of benzene rings is 3. The van der Waals surface area contributed by atoms with Crippen molar-refractivity contribution in [3.05, 3.63) is 36.4 Å². The molecule has 0 aliphatic carbocycles. The van der Waals surface area contributed by atoms with Crippen LogP contribution in [0.15, 0.2) is 36.4 Å². The van der Waals surface area contributed by atoms with E-state index in [4.69, 9.17) is 23.2 Å². The van der Waals surface area contributed by atoms with Gasteiger partial charge in [-0.1, -0.05) is 0 Å². The highest BCUT2D eigenvalue weighted by Crippen LogP contribution is 2.39. The monoisotopic (exact) mass is 530 g/mol. The van der Waals surface area contributed by atoms with Crippen molar-refractivity contribution in [2.24, 2.45) is 0 Å². The van der Waals surface area contributed by atoms with Crippen LogP contribution in [0.5, 0.6) is 11.5 Å². The molecule has 2 unspecified atom stereocenters. The van der Waals surface area contributed by atoms with Gasteiger partial charge in [0.1, 0.15) is 11.5 Å². The van der Waals surface area contributed by atoms with E-state index in [0.29, 0.717) is 34.6 Å². The minimum atomic E-state index is 0.164. The molecule has 8 heteroatoms. The van der Waals surface area contributed by atoms with E-state index in [2.05, 4.69) is 32.6 Å². The largest absolute Gasteiger partial charge is 0.507 e. The van der Waals surface area contributed by atoms with E-state index in [1.54, 1.807) is 12.1 Å². The van der Waals surface area contributed by atoms with Crippen LogP contribution >= 0.6 is 23.2 Å². The van der Waals surface area contributed by atoms with Crippen molar-refractivity contribution in [1.29, 1.82) is 0 Å². The molecule has 0 radical (unpaired) electrons. The Morgan fingerprint density at radius 1 is 0.694 bits per heavy atom. The first kappa shape index (κ1) is 25.5. The number of phenolic OH excluding ortho intramolecular Hbond substituents is 2. The Morgan fingerprint density at radius 3 is 1.56 bits per heavy atom. The van der Waals surface area contributed by atoms with Gasteiger partial charge < -0.3 is 20.8 Å². The Bertz CT molecular complexity index is 1120. The molecule has 194 valence electrons. The molecule has 2 aliphatic heterocycles. The molecule has 0 spiro atoms. The van der Waals surface area contributed by atoms with Gasteiger partial charge in [0.15, 0.2) is 0 Å². The summed E-state index contributed by atoms with van der Waals surface area (Å²) < 4.78 is 0. The molecule has 36 heavy (non-hydrogen) atoms. The summed E-state index contributed by atoms with van der Waals surface area (Å²) in [7, 11) is 0. The van der Waals surface area contributed by atoms with Gasteiger partial charge in [-0.25, -0.2) is 0 Å². The zero-order valence-corrected chi connectivity index (χ0v) is 22.2. The van der Waals surface area contributed by atoms with Crippen LogP contribution in [0.1, 0.15) is 25.7 Å². The number of phenols is 2. The first-order chi connectivity index (χ1) is 17.6. The predicted octanol–water partition coefficient (Wildman–Crippen LogP) is 5.63. The third kappa shape index (κ3) is 5.28. The molecule has 5 rings (SSSR count). The number of likely N-dealkylation sites (tertiary alicyclic amines) is 2. The molecule has 2 saturated heterocycles. The highest BCUT2D eigenvalue weighted by molar-refractivity contribution is 6.18. The fourth-order valence-corrected chi connectivity index (χ4v) is 6.56. The van der Waals surface area contributed by atoms with E-state index in [0.717, 1.165) is 61.4 Å². The lowest BCUT2D eigenvalue weighted by Crippen LogP contribution is -2.34. The molecule has 2 aliphatic rings. The van der Waals surface area contributed by atoms with Gasteiger partial charge in [0.05, 0.1) is 0 Å². The van der Waals surface area contributed by atoms with Crippen molar-refractivity contribution in [3.8, 4) is 11.5 Å². The highest BCUT2D eigenvalue weighted by atomic mass is 35.5. The van der Waals surface area contributed by atoms with E-state index in [-0.39, 0.29) is 11.5 Å². The zero-order chi connectivity index (χ0) is 25.1. The molecular weight excluding hydrogens is 495 g/mol. The second-order valence-corrected chi connectivity index (χ2v) is 10.7. The molecule has 4 N–H and O–H groups in total. The second-order valence-electron chi connectivity index (χ2n) is 10.0. The molecule has 2 fully saturated rings. The van der Waals surface area contributed by atoms with E-state index in [9.17, 15) is 10.2 Å². The average Bonchev–Trinajstić information content (AvgIpc) is 3.55. The number of halogens is 2. The number of hydrogen-bond acceptors (Lipinski definition) is 6. The quantitative estimate of drug-likeness (QED) is 0.154. The first-order valence-electron chi connectivity index (χ1n) is 13.1. The van der Waals surface area contributed by atoms with Gasteiger partial charge >= 0.3 is 0 Å². The fourth-order valence-electron chi connectivity index (χ4n) is 5.86. The van der Waals surface area contributed by atoms with E-state index >= 15 is 0 Å². The van der Waals surface area contributed by atoms with Crippen LogP contribution in [0, 0.1) is 0 Å². The number of aromatic hydroxyl groups is 2. The summed E-state index contributed by atoms with van der Waals surface area (Å²) in [5.74, 6) is 1.69. The van der Waals surface area contributed by atoms with Crippen LogP contribution in [0.25, 0.3) is 21.5 Å². The number of anilines is 2. The van der Waals surface area contributed by atoms with Crippen molar-refractivity contribution in [3.63, 3.8) is 0 Å². The molecule has 3 aromatic carbocycles. The maximum Gasteiger partial charge on any atom is 0.123 e. The van der Waals surface area contributed by atoms with Gasteiger partial charge in [0.2, 0.25) is 0 Å². The van der Waals surface area contributed by atoms with Crippen molar-refractivity contribution < 1.29 is 10.2 Å². The minimum absolute atomic E-state index is 0.164. The van der Waals surface area contributed by atoms with Crippen molar-refractivity contribution in [1.82, 2.24) is 9.80 Å². The fraction of sp³-hybridized carbons (Fsp3) is 0.500. The Morgan fingerprint density at radius 2 is 1.14 bits per heavy atom. The molecule has 0 bridgehead atoms. The molecule has 3 aromatic rings. The third-order valence-electron chi connectivity index (χ3n) is 7.89. The number of nitrogens with one attached hydrogen (secondary N) is 2. The van der Waals surface area contributed by atoms with Crippen LogP contribution in [0.3, 0.4) is 0 Å². The normalized spacial score (nSPS) is 21.1. The molecule has 2 atom stereocenters. The smallest absolute Gasteiger partial charge is 0.123 e. The Kier molecular flexibility index (Phi) is 8.16. The second kappa shape index (κ2) is 11.5. The molecular formula is C28H36Cl2N4O2. The van der Waals surface area contributed by atoms with Crippen LogP contribution in [0.4, 0.5) is 11.4 Å². The van der Waals surface area contributed by atoms with Crippen LogP contribution in [-0.4, -0.2) is 83.1 Å². The lowest BCUT2D eigenvalue weighted by molar-refractivity contribution is 0.282. The van der Waals surface area contributed by atoms with Crippen molar-refractivity contribution in [2.75, 3.05) is 61.7 Å². The summed E-state index contributed by atoms with van der Waals surface area (Å²) in [6.45, 7) is 5.71. The van der Waals surface area contributed by atoms with E-state index in [1.807, 2.05) is 12.1 Å². The maximum atomic E-state index is 10.5. The Labute approximate surface area is 223 Å². The molecule has 0 aromatic heterocycles. The number of fused-ring (bicyclic) bond motifs is 2. The third-order valence-corrected chi connectivity index (χ3v) is 8.60. The van der Waals surface area contributed by atoms with Gasteiger partial charge in [-0.15, -0.1) is 23.2 Å². The first-order valence-corrected chi connectivity index (χ1v) is 14.1.